The molecule has 0 atom stereocenters. The summed E-state index contributed by atoms with van der Waals surface area (Å²) in [4.78, 5) is 0. The van der Waals surface area contributed by atoms with Crippen molar-refractivity contribution in [2.45, 2.75) is 39.5 Å². The van der Waals surface area contributed by atoms with Gasteiger partial charge in [0.25, 0.3) is 0 Å². The molecule has 0 aromatic heterocycles. The fourth-order valence-corrected chi connectivity index (χ4v) is 2.03. The molecule has 0 saturated carbocycles. The number of rotatable bonds is 3. The summed E-state index contributed by atoms with van der Waals surface area (Å²) in [5.74, 6) is 0.759. The van der Waals surface area contributed by atoms with Gasteiger partial charge in [-0.05, 0) is 23.3 Å². The lowest BCUT2D eigenvalue weighted by Gasteiger charge is -2.27. The molecule has 1 aromatic carbocycles. The molecule has 0 amide bonds. The maximum Gasteiger partial charge on any atom is -0.0101 e. The van der Waals surface area contributed by atoms with Crippen LogP contribution >= 0.6 is 0 Å². The first-order valence-electron chi connectivity index (χ1n) is 5.08. The monoisotopic (exact) mass is 176 g/mol. The third-order valence-electron chi connectivity index (χ3n) is 2.47. The molecule has 0 aliphatic heterocycles. The van der Waals surface area contributed by atoms with Crippen molar-refractivity contribution in [2.24, 2.45) is 5.92 Å². The van der Waals surface area contributed by atoms with Crippen LogP contribution in [0.1, 0.15) is 39.7 Å². The van der Waals surface area contributed by atoms with Crippen LogP contribution in [-0.2, 0) is 5.41 Å². The molecule has 13 heavy (non-hydrogen) atoms. The van der Waals surface area contributed by atoms with Crippen LogP contribution in [-0.4, -0.2) is 0 Å². The lowest BCUT2D eigenvalue weighted by atomic mass is 9.78. The maximum absolute atomic E-state index is 2.32. The summed E-state index contributed by atoms with van der Waals surface area (Å²) in [7, 11) is 0. The van der Waals surface area contributed by atoms with Gasteiger partial charge in [-0.1, -0.05) is 58.0 Å². The van der Waals surface area contributed by atoms with Gasteiger partial charge in [-0.25, -0.2) is 0 Å². The van der Waals surface area contributed by atoms with E-state index in [1.54, 1.807) is 0 Å². The van der Waals surface area contributed by atoms with Crippen molar-refractivity contribution in [2.75, 3.05) is 0 Å². The Morgan fingerprint density at radius 3 is 2.08 bits per heavy atom. The largest absolute Gasteiger partial charge is 0.0627 e. The summed E-state index contributed by atoms with van der Waals surface area (Å²) in [5, 5.41) is 0. The summed E-state index contributed by atoms with van der Waals surface area (Å²) in [6.45, 7) is 9.21. The zero-order valence-electron chi connectivity index (χ0n) is 9.17. The maximum atomic E-state index is 2.32. The molecule has 1 aromatic rings. The van der Waals surface area contributed by atoms with Gasteiger partial charge in [-0.15, -0.1) is 0 Å². The van der Waals surface area contributed by atoms with Crippen molar-refractivity contribution < 1.29 is 0 Å². The summed E-state index contributed by atoms with van der Waals surface area (Å²) >= 11 is 0. The summed E-state index contributed by atoms with van der Waals surface area (Å²) in [5.41, 5.74) is 1.76. The van der Waals surface area contributed by atoms with E-state index in [1.165, 1.54) is 12.0 Å². The molecule has 0 nitrogen and oxygen atoms in total. The van der Waals surface area contributed by atoms with Gasteiger partial charge in [0.2, 0.25) is 0 Å². The minimum absolute atomic E-state index is 0.315. The summed E-state index contributed by atoms with van der Waals surface area (Å²) < 4.78 is 0. The third kappa shape index (κ3) is 2.87. The van der Waals surface area contributed by atoms with Crippen LogP contribution in [0.3, 0.4) is 0 Å². The molecule has 0 aliphatic carbocycles. The van der Waals surface area contributed by atoms with E-state index >= 15 is 0 Å². The predicted molar refractivity (Wildman–Crippen MR) is 58.9 cm³/mol. The highest BCUT2D eigenvalue weighted by molar-refractivity contribution is 5.23. The van der Waals surface area contributed by atoms with Gasteiger partial charge in [0, 0.05) is 0 Å². The molecular weight excluding hydrogens is 156 g/mol. The van der Waals surface area contributed by atoms with Crippen molar-refractivity contribution in [1.29, 1.82) is 0 Å². The third-order valence-corrected chi connectivity index (χ3v) is 2.47. The summed E-state index contributed by atoms with van der Waals surface area (Å²) in [6, 6.07) is 10.8. The number of hydrogen-bond donors (Lipinski definition) is 0. The number of hydrogen-bond acceptors (Lipinski definition) is 0. The molecule has 0 bridgehead atoms. The first kappa shape index (κ1) is 10.3. The van der Waals surface area contributed by atoms with E-state index in [1.807, 2.05) is 0 Å². The second-order valence-electron chi connectivity index (χ2n) is 4.85. The quantitative estimate of drug-likeness (QED) is 0.652. The molecular formula is C13H20. The molecule has 0 saturated heterocycles. The minimum atomic E-state index is 0.315. The fraction of sp³-hybridized carbons (Fsp3) is 0.538. The fourth-order valence-electron chi connectivity index (χ4n) is 2.03. The average Bonchev–Trinajstić information content (AvgIpc) is 2.04. The topological polar surface area (TPSA) is 0 Å². The van der Waals surface area contributed by atoms with E-state index < -0.39 is 0 Å². The lowest BCUT2D eigenvalue weighted by molar-refractivity contribution is 0.400. The van der Waals surface area contributed by atoms with E-state index in [2.05, 4.69) is 58.0 Å². The van der Waals surface area contributed by atoms with E-state index in [0.29, 0.717) is 5.41 Å². The Morgan fingerprint density at radius 2 is 1.62 bits per heavy atom. The predicted octanol–water partition coefficient (Wildman–Crippen LogP) is 4.01. The Kier molecular flexibility index (Phi) is 3.13. The van der Waals surface area contributed by atoms with Crippen LogP contribution in [0, 0.1) is 5.92 Å². The molecule has 0 spiro atoms. The molecule has 0 N–H and O–H groups in total. The molecule has 0 aliphatic rings. The normalized spacial score (nSPS) is 12.1. The van der Waals surface area contributed by atoms with Crippen molar-refractivity contribution in [3.8, 4) is 0 Å². The van der Waals surface area contributed by atoms with Gasteiger partial charge < -0.3 is 0 Å². The smallest absolute Gasteiger partial charge is 0.0101 e. The van der Waals surface area contributed by atoms with Gasteiger partial charge in [0.1, 0.15) is 0 Å². The van der Waals surface area contributed by atoms with E-state index in [9.17, 15) is 0 Å². The van der Waals surface area contributed by atoms with E-state index in [4.69, 9.17) is 0 Å². The average molecular weight is 176 g/mol. The van der Waals surface area contributed by atoms with Crippen LogP contribution in [0.5, 0.6) is 0 Å². The van der Waals surface area contributed by atoms with E-state index in [0.717, 1.165) is 5.92 Å². The second kappa shape index (κ2) is 3.95. The van der Waals surface area contributed by atoms with Crippen LogP contribution in [0.25, 0.3) is 0 Å². The van der Waals surface area contributed by atoms with Crippen LogP contribution in [0.15, 0.2) is 30.3 Å². The van der Waals surface area contributed by atoms with Crippen molar-refractivity contribution in [1.82, 2.24) is 0 Å². The molecule has 0 heteroatoms. The van der Waals surface area contributed by atoms with Gasteiger partial charge in [-0.2, -0.15) is 0 Å². The summed E-state index contributed by atoms with van der Waals surface area (Å²) in [6.07, 6.45) is 1.25. The Morgan fingerprint density at radius 1 is 1.08 bits per heavy atom. The Balaban J connectivity index is 2.81. The molecule has 72 valence electrons. The SMILES string of the molecule is CC(C)CC(C)(C)c1ccccc1. The highest BCUT2D eigenvalue weighted by atomic mass is 14.3. The van der Waals surface area contributed by atoms with Crippen LogP contribution in [0.2, 0.25) is 0 Å². The van der Waals surface area contributed by atoms with E-state index in [-0.39, 0.29) is 0 Å². The standard InChI is InChI=1S/C13H20/c1-11(2)10-13(3,4)12-8-6-5-7-9-12/h5-9,11H,10H2,1-4H3. The number of benzene rings is 1. The van der Waals surface area contributed by atoms with Crippen molar-refractivity contribution >= 4 is 0 Å². The molecule has 0 fully saturated rings. The van der Waals surface area contributed by atoms with Gasteiger partial charge >= 0.3 is 0 Å². The molecule has 1 rings (SSSR count). The second-order valence-corrected chi connectivity index (χ2v) is 4.85. The minimum Gasteiger partial charge on any atom is -0.0627 e. The highest BCUT2D eigenvalue weighted by Crippen LogP contribution is 2.29. The molecule has 0 unspecified atom stereocenters. The van der Waals surface area contributed by atoms with Crippen molar-refractivity contribution in [3.63, 3.8) is 0 Å². The van der Waals surface area contributed by atoms with Crippen LogP contribution in [0.4, 0.5) is 0 Å². The first-order chi connectivity index (χ1) is 6.02. The van der Waals surface area contributed by atoms with Crippen molar-refractivity contribution in [3.05, 3.63) is 35.9 Å². The van der Waals surface area contributed by atoms with Gasteiger partial charge in [0.15, 0.2) is 0 Å². The van der Waals surface area contributed by atoms with Gasteiger partial charge in [-0.3, -0.25) is 0 Å². The Hall–Kier alpha value is -0.780. The van der Waals surface area contributed by atoms with Gasteiger partial charge in [0.05, 0.1) is 0 Å². The zero-order valence-corrected chi connectivity index (χ0v) is 9.17. The lowest BCUT2D eigenvalue weighted by Crippen LogP contribution is -2.19. The zero-order chi connectivity index (χ0) is 9.90. The molecule has 0 heterocycles. The molecule has 0 radical (unpaired) electrons. The Bertz CT molecular complexity index is 244. The highest BCUT2D eigenvalue weighted by Gasteiger charge is 2.20. The van der Waals surface area contributed by atoms with Crippen LogP contribution < -0.4 is 0 Å². The first-order valence-corrected chi connectivity index (χ1v) is 5.08. The Labute approximate surface area is 82.0 Å².